The molecule has 5 nitrogen and oxygen atoms in total. The van der Waals surface area contributed by atoms with Crippen molar-refractivity contribution in [3.8, 4) is 5.75 Å². The van der Waals surface area contributed by atoms with Crippen LogP contribution in [0.15, 0.2) is 24.3 Å². The number of hydrogen-bond acceptors (Lipinski definition) is 3. The predicted octanol–water partition coefficient (Wildman–Crippen LogP) is 2.36. The topological polar surface area (TPSA) is 47.4 Å². The van der Waals surface area contributed by atoms with Crippen LogP contribution in [0, 0.1) is 19.7 Å². The molecule has 0 radical (unpaired) electrons. The Hall–Kier alpha value is -2.37. The maximum atomic E-state index is 14.0. The van der Waals surface area contributed by atoms with Gasteiger partial charge in [-0.2, -0.15) is 5.10 Å². The van der Waals surface area contributed by atoms with Gasteiger partial charge in [-0.3, -0.25) is 14.4 Å². The number of anilines is 1. The molecule has 1 aliphatic rings. The van der Waals surface area contributed by atoms with E-state index in [1.165, 1.54) is 0 Å². The standard InChI is InChI=1S/C16H18FN3O2/c1-10-5-4-6-12(15(10)17)22-13-7-8-20(16(13)21)14-9-11(2)18-19(14)3/h4-6,9,13H,7-8H2,1-3H3/t13-/m1/s1. The lowest BCUT2D eigenvalue weighted by Gasteiger charge is -2.17. The summed E-state index contributed by atoms with van der Waals surface area (Å²) in [6.07, 6.45) is -0.136. The first-order valence-electron chi connectivity index (χ1n) is 7.21. The molecule has 1 saturated heterocycles. The number of halogens is 1. The van der Waals surface area contributed by atoms with Crippen LogP contribution in [0.25, 0.3) is 0 Å². The van der Waals surface area contributed by atoms with Gasteiger partial charge in [-0.15, -0.1) is 0 Å². The van der Waals surface area contributed by atoms with Gasteiger partial charge in [0, 0.05) is 26.1 Å². The fraction of sp³-hybridized carbons (Fsp3) is 0.375. The number of hydrogen-bond donors (Lipinski definition) is 0. The van der Waals surface area contributed by atoms with Crippen LogP contribution in [0.5, 0.6) is 5.75 Å². The highest BCUT2D eigenvalue weighted by atomic mass is 19.1. The lowest BCUT2D eigenvalue weighted by Crippen LogP contribution is -2.33. The summed E-state index contributed by atoms with van der Waals surface area (Å²) in [4.78, 5) is 14.1. The molecule has 1 atom stereocenters. The molecule has 1 amide bonds. The fourth-order valence-corrected chi connectivity index (χ4v) is 2.70. The van der Waals surface area contributed by atoms with Crippen molar-refractivity contribution in [2.45, 2.75) is 26.4 Å². The van der Waals surface area contributed by atoms with E-state index < -0.39 is 11.9 Å². The van der Waals surface area contributed by atoms with Crippen molar-refractivity contribution < 1.29 is 13.9 Å². The highest BCUT2D eigenvalue weighted by Crippen LogP contribution is 2.27. The Bertz CT molecular complexity index is 726. The van der Waals surface area contributed by atoms with Crippen molar-refractivity contribution in [1.82, 2.24) is 9.78 Å². The molecule has 2 heterocycles. The molecule has 0 unspecified atom stereocenters. The summed E-state index contributed by atoms with van der Waals surface area (Å²) in [5.74, 6) is 0.286. The van der Waals surface area contributed by atoms with Crippen molar-refractivity contribution in [2.24, 2.45) is 7.05 Å². The van der Waals surface area contributed by atoms with Gasteiger partial charge in [-0.1, -0.05) is 12.1 Å². The van der Waals surface area contributed by atoms with Gasteiger partial charge in [0.2, 0.25) is 0 Å². The molecule has 0 aliphatic carbocycles. The smallest absolute Gasteiger partial charge is 0.269 e. The second kappa shape index (κ2) is 5.44. The minimum atomic E-state index is -0.661. The molecule has 116 valence electrons. The molecule has 0 bridgehead atoms. The second-order valence-electron chi connectivity index (χ2n) is 5.54. The minimum absolute atomic E-state index is 0.126. The van der Waals surface area contributed by atoms with E-state index in [0.717, 1.165) is 11.5 Å². The van der Waals surface area contributed by atoms with Gasteiger partial charge < -0.3 is 4.74 Å². The molecule has 2 aromatic rings. The van der Waals surface area contributed by atoms with Crippen LogP contribution in [0.2, 0.25) is 0 Å². The Labute approximate surface area is 128 Å². The summed E-state index contributed by atoms with van der Waals surface area (Å²) in [5, 5.41) is 4.25. The van der Waals surface area contributed by atoms with E-state index in [1.807, 2.05) is 13.0 Å². The zero-order valence-corrected chi connectivity index (χ0v) is 12.8. The first-order chi connectivity index (χ1) is 10.5. The summed E-state index contributed by atoms with van der Waals surface area (Å²) in [6.45, 7) is 4.08. The average Bonchev–Trinajstić information content (AvgIpc) is 2.98. The molecule has 0 spiro atoms. The second-order valence-corrected chi connectivity index (χ2v) is 5.54. The lowest BCUT2D eigenvalue weighted by molar-refractivity contribution is -0.123. The van der Waals surface area contributed by atoms with Crippen molar-refractivity contribution in [1.29, 1.82) is 0 Å². The SMILES string of the molecule is Cc1cc(N2CC[C@@H](Oc3cccc(C)c3F)C2=O)n(C)n1. The van der Waals surface area contributed by atoms with E-state index in [0.29, 0.717) is 18.5 Å². The zero-order chi connectivity index (χ0) is 15.9. The summed E-state index contributed by atoms with van der Waals surface area (Å²) in [5.41, 5.74) is 1.35. The number of amides is 1. The number of aromatic nitrogens is 2. The highest BCUT2D eigenvalue weighted by molar-refractivity contribution is 5.98. The van der Waals surface area contributed by atoms with Crippen LogP contribution < -0.4 is 9.64 Å². The van der Waals surface area contributed by atoms with Crippen molar-refractivity contribution in [3.63, 3.8) is 0 Å². The Morgan fingerprint density at radius 3 is 2.82 bits per heavy atom. The molecule has 1 fully saturated rings. The third kappa shape index (κ3) is 2.45. The Morgan fingerprint density at radius 1 is 1.36 bits per heavy atom. The third-order valence-electron chi connectivity index (χ3n) is 3.84. The summed E-state index contributed by atoms with van der Waals surface area (Å²) < 4.78 is 21.3. The summed E-state index contributed by atoms with van der Waals surface area (Å²) in [7, 11) is 1.80. The first-order valence-corrected chi connectivity index (χ1v) is 7.21. The van der Waals surface area contributed by atoms with Crippen molar-refractivity contribution in [3.05, 3.63) is 41.3 Å². The van der Waals surface area contributed by atoms with Crippen molar-refractivity contribution >= 4 is 11.7 Å². The number of carbonyl (C=O) groups is 1. The van der Waals surface area contributed by atoms with Gasteiger partial charge in [0.25, 0.3) is 5.91 Å². The Morgan fingerprint density at radius 2 is 2.14 bits per heavy atom. The summed E-state index contributed by atoms with van der Waals surface area (Å²) in [6, 6.07) is 6.79. The number of rotatable bonds is 3. The fourth-order valence-electron chi connectivity index (χ4n) is 2.70. The molecule has 3 rings (SSSR count). The normalized spacial score (nSPS) is 18.1. The number of nitrogens with zero attached hydrogens (tertiary/aromatic N) is 3. The lowest BCUT2D eigenvalue weighted by atomic mass is 10.2. The summed E-state index contributed by atoms with van der Waals surface area (Å²) >= 11 is 0. The molecular weight excluding hydrogens is 285 g/mol. The van der Waals surface area contributed by atoms with E-state index in [-0.39, 0.29) is 11.7 Å². The van der Waals surface area contributed by atoms with Gasteiger partial charge in [-0.25, -0.2) is 4.39 Å². The Kier molecular flexibility index (Phi) is 3.60. The van der Waals surface area contributed by atoms with Gasteiger partial charge in [-0.05, 0) is 25.5 Å². The van der Waals surface area contributed by atoms with Crippen molar-refractivity contribution in [2.75, 3.05) is 11.4 Å². The average molecular weight is 303 g/mol. The van der Waals surface area contributed by atoms with Gasteiger partial charge >= 0.3 is 0 Å². The van der Waals surface area contributed by atoms with Gasteiger partial charge in [0.05, 0.1) is 5.69 Å². The van der Waals surface area contributed by atoms with E-state index >= 15 is 0 Å². The van der Waals surface area contributed by atoms with Gasteiger partial charge in [0.15, 0.2) is 17.7 Å². The third-order valence-corrected chi connectivity index (χ3v) is 3.84. The largest absolute Gasteiger partial charge is 0.477 e. The number of carbonyl (C=O) groups excluding carboxylic acids is 1. The first kappa shape index (κ1) is 14.6. The molecule has 0 saturated carbocycles. The van der Waals surface area contributed by atoms with Crippen LogP contribution in [-0.4, -0.2) is 28.3 Å². The molecule has 6 heteroatoms. The molecule has 1 aromatic heterocycles. The zero-order valence-electron chi connectivity index (χ0n) is 12.8. The number of ether oxygens (including phenoxy) is 1. The Balaban J connectivity index is 1.79. The molecule has 1 aliphatic heterocycles. The number of aryl methyl sites for hydroxylation is 3. The minimum Gasteiger partial charge on any atom is -0.477 e. The maximum absolute atomic E-state index is 14.0. The predicted molar refractivity (Wildman–Crippen MR) is 80.5 cm³/mol. The monoisotopic (exact) mass is 303 g/mol. The van der Waals surface area contributed by atoms with E-state index in [2.05, 4.69) is 5.10 Å². The molecule has 22 heavy (non-hydrogen) atoms. The maximum Gasteiger partial charge on any atom is 0.269 e. The highest BCUT2D eigenvalue weighted by Gasteiger charge is 2.36. The van der Waals surface area contributed by atoms with E-state index in [9.17, 15) is 9.18 Å². The molecular formula is C16H18FN3O2. The quantitative estimate of drug-likeness (QED) is 0.874. The number of benzene rings is 1. The van der Waals surface area contributed by atoms with Crippen LogP contribution in [0.4, 0.5) is 10.2 Å². The van der Waals surface area contributed by atoms with E-state index in [1.54, 1.807) is 41.8 Å². The van der Waals surface area contributed by atoms with Gasteiger partial charge in [0.1, 0.15) is 5.82 Å². The molecule has 1 aromatic carbocycles. The van der Waals surface area contributed by atoms with Crippen LogP contribution in [0.3, 0.4) is 0 Å². The molecule has 0 N–H and O–H groups in total. The van der Waals surface area contributed by atoms with Crippen LogP contribution in [0.1, 0.15) is 17.7 Å². The van der Waals surface area contributed by atoms with Crippen LogP contribution in [-0.2, 0) is 11.8 Å². The van der Waals surface area contributed by atoms with E-state index in [4.69, 9.17) is 4.74 Å². The van der Waals surface area contributed by atoms with Crippen LogP contribution >= 0.6 is 0 Å².